The van der Waals surface area contributed by atoms with E-state index in [2.05, 4.69) is 27.5 Å². The second-order valence-corrected chi connectivity index (χ2v) is 10.9. The molecule has 1 saturated heterocycles. The molecule has 0 saturated carbocycles. The number of halogens is 2. The standard InChI is InChI=1S/C27H37F2N3O3S.C3H4/c1-4-22(3)8-7-19-36(33,34)26(11-10-24(29)9-6-12-28)25-20-27(31-21-23(25)5-2)30-13-14-32-15-17-35-18-16-32;1-3-2/h4,6-12,20-21,26H,5,13-19H2,1-3H3,(H,30,31);1H,2H3/b8-7-,11-10+,12-6+,22-4-,24-9+;. The van der Waals surface area contributed by atoms with E-state index in [9.17, 15) is 17.2 Å². The van der Waals surface area contributed by atoms with Crippen LogP contribution in [0.4, 0.5) is 14.6 Å². The van der Waals surface area contributed by atoms with Gasteiger partial charge in [-0.25, -0.2) is 22.2 Å². The molecule has 1 fully saturated rings. The topological polar surface area (TPSA) is 71.5 Å². The van der Waals surface area contributed by atoms with Crippen LogP contribution in [0.15, 0.2) is 72.5 Å². The minimum Gasteiger partial charge on any atom is -0.379 e. The third-order valence-electron chi connectivity index (χ3n) is 5.86. The summed E-state index contributed by atoms with van der Waals surface area (Å²) in [5, 5.41) is 2.18. The number of aryl methyl sites for hydroxylation is 1. The largest absolute Gasteiger partial charge is 0.379 e. The fourth-order valence-corrected chi connectivity index (χ4v) is 5.17. The quantitative estimate of drug-likeness (QED) is 0.239. The zero-order valence-corrected chi connectivity index (χ0v) is 24.2. The molecule has 214 valence electrons. The maximum absolute atomic E-state index is 14.2. The molecule has 0 aromatic carbocycles. The number of allylic oxidation sites excluding steroid dienone is 7. The highest BCUT2D eigenvalue weighted by atomic mass is 32.2. The Labute approximate surface area is 233 Å². The van der Waals surface area contributed by atoms with Crippen molar-refractivity contribution in [2.24, 2.45) is 0 Å². The van der Waals surface area contributed by atoms with E-state index in [0.29, 0.717) is 37.6 Å². The lowest BCUT2D eigenvalue weighted by Crippen LogP contribution is -2.39. The number of ether oxygens (including phenoxy) is 1. The average Bonchev–Trinajstić information content (AvgIpc) is 2.92. The van der Waals surface area contributed by atoms with Crippen LogP contribution in [0, 0.1) is 12.3 Å². The van der Waals surface area contributed by atoms with Gasteiger partial charge in [0, 0.05) is 32.4 Å². The average molecular weight is 562 g/mol. The summed E-state index contributed by atoms with van der Waals surface area (Å²) >= 11 is 0. The van der Waals surface area contributed by atoms with E-state index in [4.69, 9.17) is 4.74 Å². The van der Waals surface area contributed by atoms with Gasteiger partial charge in [0.1, 0.15) is 16.9 Å². The van der Waals surface area contributed by atoms with Crippen LogP contribution in [-0.4, -0.2) is 63.4 Å². The van der Waals surface area contributed by atoms with E-state index in [-0.39, 0.29) is 12.1 Å². The molecule has 0 radical (unpaired) electrons. The molecule has 1 atom stereocenters. The molecule has 0 amide bonds. The number of anilines is 1. The number of rotatable bonds is 13. The molecule has 1 aliphatic rings. The minimum absolute atomic E-state index is 0.211. The molecule has 2 heterocycles. The molecule has 6 nitrogen and oxygen atoms in total. The first-order valence-electron chi connectivity index (χ1n) is 12.9. The zero-order chi connectivity index (χ0) is 29.1. The van der Waals surface area contributed by atoms with Gasteiger partial charge in [-0.05, 0) is 62.6 Å². The minimum atomic E-state index is -3.75. The monoisotopic (exact) mass is 561 g/mol. The van der Waals surface area contributed by atoms with Gasteiger partial charge in [0.05, 0.1) is 25.3 Å². The lowest BCUT2D eigenvalue weighted by atomic mass is 10.0. The summed E-state index contributed by atoms with van der Waals surface area (Å²) in [7, 11) is -3.75. The first-order chi connectivity index (χ1) is 18.7. The van der Waals surface area contributed by atoms with E-state index in [1.165, 1.54) is 6.08 Å². The third-order valence-corrected chi connectivity index (χ3v) is 7.70. The van der Waals surface area contributed by atoms with Crippen LogP contribution < -0.4 is 5.32 Å². The molecule has 0 spiro atoms. The number of aromatic nitrogens is 1. The molecule has 1 aliphatic heterocycles. The second kappa shape index (κ2) is 19.1. The van der Waals surface area contributed by atoms with Gasteiger partial charge in [-0.15, -0.1) is 12.3 Å². The summed E-state index contributed by atoms with van der Waals surface area (Å²) in [6.07, 6.45) is 16.5. The summed E-state index contributed by atoms with van der Waals surface area (Å²) in [5.74, 6) is 1.84. The molecular formula is C30H41F2N3O3S. The second-order valence-electron chi connectivity index (χ2n) is 8.71. The van der Waals surface area contributed by atoms with Crippen molar-refractivity contribution in [2.75, 3.05) is 50.5 Å². The molecule has 1 aromatic heterocycles. The summed E-state index contributed by atoms with van der Waals surface area (Å²) in [6.45, 7) is 12.0. The van der Waals surface area contributed by atoms with E-state index in [1.54, 1.807) is 31.3 Å². The van der Waals surface area contributed by atoms with Crippen LogP contribution in [-0.2, 0) is 21.0 Å². The Kier molecular flexibility index (Phi) is 16.6. The van der Waals surface area contributed by atoms with Gasteiger partial charge in [-0.3, -0.25) is 4.90 Å². The van der Waals surface area contributed by atoms with Crippen molar-refractivity contribution in [1.29, 1.82) is 0 Å². The third kappa shape index (κ3) is 13.0. The maximum Gasteiger partial charge on any atom is 0.164 e. The van der Waals surface area contributed by atoms with Gasteiger partial charge in [0.2, 0.25) is 0 Å². The van der Waals surface area contributed by atoms with Gasteiger partial charge in [0.25, 0.3) is 0 Å². The zero-order valence-electron chi connectivity index (χ0n) is 23.4. The number of nitrogens with zero attached hydrogens (tertiary/aromatic N) is 2. The van der Waals surface area contributed by atoms with Gasteiger partial charge < -0.3 is 10.1 Å². The predicted octanol–water partition coefficient (Wildman–Crippen LogP) is 5.90. The molecule has 0 aliphatic carbocycles. The maximum atomic E-state index is 14.2. The van der Waals surface area contributed by atoms with Gasteiger partial charge in [-0.1, -0.05) is 36.8 Å². The fourth-order valence-electron chi connectivity index (χ4n) is 3.67. The summed E-state index contributed by atoms with van der Waals surface area (Å²) < 4.78 is 58.7. The molecule has 0 bridgehead atoms. The number of hydrogen-bond donors (Lipinski definition) is 1. The summed E-state index contributed by atoms with van der Waals surface area (Å²) in [4.78, 5) is 6.74. The first-order valence-corrected chi connectivity index (χ1v) is 14.7. The lowest BCUT2D eigenvalue weighted by molar-refractivity contribution is 0.0398. The Bertz CT molecular complexity index is 1180. The van der Waals surface area contributed by atoms with Crippen molar-refractivity contribution in [1.82, 2.24) is 9.88 Å². The van der Waals surface area contributed by atoms with Gasteiger partial charge in [0.15, 0.2) is 9.84 Å². The van der Waals surface area contributed by atoms with Crippen molar-refractivity contribution in [3.63, 3.8) is 0 Å². The van der Waals surface area contributed by atoms with Gasteiger partial charge >= 0.3 is 0 Å². The molecule has 1 unspecified atom stereocenters. The van der Waals surface area contributed by atoms with Crippen molar-refractivity contribution in [3.05, 3.63) is 83.7 Å². The van der Waals surface area contributed by atoms with E-state index in [0.717, 1.165) is 49.0 Å². The highest BCUT2D eigenvalue weighted by Gasteiger charge is 2.26. The van der Waals surface area contributed by atoms with Crippen LogP contribution in [0.1, 0.15) is 44.1 Å². The van der Waals surface area contributed by atoms with Crippen LogP contribution >= 0.6 is 0 Å². The Balaban J connectivity index is 0.00000242. The molecule has 39 heavy (non-hydrogen) atoms. The Hall–Kier alpha value is -3.06. The van der Waals surface area contributed by atoms with Crippen molar-refractivity contribution in [3.8, 4) is 12.3 Å². The number of sulfone groups is 1. The molecule has 1 N–H and O–H groups in total. The Morgan fingerprint density at radius 3 is 2.64 bits per heavy atom. The molecule has 2 rings (SSSR count). The SMILES string of the molecule is C#CC.C/C=C(C)\C=C/CS(=O)(=O)C(/C=C/C(F)=C\C=C\F)c1cc(NCCN2CCOCC2)ncc1CC. The summed E-state index contributed by atoms with van der Waals surface area (Å²) in [5.41, 5.74) is 2.24. The van der Waals surface area contributed by atoms with Gasteiger partial charge in [-0.2, -0.15) is 0 Å². The molecular weight excluding hydrogens is 520 g/mol. The number of pyridine rings is 1. The molecule has 9 heteroatoms. The lowest BCUT2D eigenvalue weighted by Gasteiger charge is -2.26. The number of morpholine rings is 1. The van der Waals surface area contributed by atoms with E-state index >= 15 is 0 Å². The van der Waals surface area contributed by atoms with Crippen LogP contribution in [0.3, 0.4) is 0 Å². The van der Waals surface area contributed by atoms with Crippen molar-refractivity contribution >= 4 is 15.7 Å². The van der Waals surface area contributed by atoms with E-state index in [1.807, 2.05) is 26.8 Å². The normalized spacial score (nSPS) is 16.3. The molecule has 1 aromatic rings. The highest BCUT2D eigenvalue weighted by molar-refractivity contribution is 7.91. The number of hydrogen-bond acceptors (Lipinski definition) is 6. The highest BCUT2D eigenvalue weighted by Crippen LogP contribution is 2.30. The summed E-state index contributed by atoms with van der Waals surface area (Å²) in [6, 6.07) is 1.73. The van der Waals surface area contributed by atoms with Crippen LogP contribution in [0.25, 0.3) is 0 Å². The number of nitrogens with one attached hydrogen (secondary N) is 1. The first kappa shape index (κ1) is 34.0. The fraction of sp³-hybridized carbons (Fsp3) is 0.433. The Morgan fingerprint density at radius 1 is 1.33 bits per heavy atom. The van der Waals surface area contributed by atoms with Crippen LogP contribution in [0.2, 0.25) is 0 Å². The van der Waals surface area contributed by atoms with Crippen LogP contribution in [0.5, 0.6) is 0 Å². The Morgan fingerprint density at radius 2 is 2.03 bits per heavy atom. The number of terminal acetylenes is 1. The van der Waals surface area contributed by atoms with E-state index < -0.39 is 20.9 Å². The predicted molar refractivity (Wildman–Crippen MR) is 158 cm³/mol. The van der Waals surface area contributed by atoms with Crippen molar-refractivity contribution < 1.29 is 21.9 Å². The van der Waals surface area contributed by atoms with Crippen molar-refractivity contribution in [2.45, 2.75) is 39.4 Å². The smallest absolute Gasteiger partial charge is 0.164 e.